The molecule has 1 aliphatic heterocycles. The fourth-order valence-electron chi connectivity index (χ4n) is 2.93. The molecule has 0 radical (unpaired) electrons. The van der Waals surface area contributed by atoms with Gasteiger partial charge in [0.05, 0.1) is 0 Å². The summed E-state index contributed by atoms with van der Waals surface area (Å²) in [5, 5.41) is 0. The van der Waals surface area contributed by atoms with Gasteiger partial charge >= 0.3 is 0 Å². The van der Waals surface area contributed by atoms with Gasteiger partial charge in [-0.3, -0.25) is 14.5 Å². The highest BCUT2D eigenvalue weighted by atomic mass is 16.2. The minimum absolute atomic E-state index is 0.00264. The van der Waals surface area contributed by atoms with E-state index in [0.29, 0.717) is 12.5 Å². The Kier molecular flexibility index (Phi) is 3.02. The van der Waals surface area contributed by atoms with Crippen LogP contribution in [0.4, 0.5) is 0 Å². The molecule has 0 aromatic heterocycles. The van der Waals surface area contributed by atoms with Gasteiger partial charge in [0.15, 0.2) is 0 Å². The van der Waals surface area contributed by atoms with Gasteiger partial charge in [-0.15, -0.1) is 0 Å². The second-order valence-corrected chi connectivity index (χ2v) is 5.12. The van der Waals surface area contributed by atoms with Gasteiger partial charge in [0, 0.05) is 17.9 Å². The van der Waals surface area contributed by atoms with E-state index < -0.39 is 0 Å². The molecule has 1 saturated carbocycles. The van der Waals surface area contributed by atoms with Gasteiger partial charge in [0.2, 0.25) is 11.8 Å². The molecule has 4 nitrogen and oxygen atoms in total. The number of carbonyl (C=O) groups excluding carboxylic acids is 2. The Morgan fingerprint density at radius 2 is 1.75 bits per heavy atom. The molecule has 2 fully saturated rings. The normalized spacial score (nSPS) is 39.8. The highest BCUT2D eigenvalue weighted by Crippen LogP contribution is 2.35. The van der Waals surface area contributed by atoms with E-state index in [1.807, 2.05) is 13.8 Å². The topological polar surface area (TPSA) is 63.4 Å². The average Bonchev–Trinajstić information content (AvgIpc) is 2.80. The highest BCUT2D eigenvalue weighted by molar-refractivity contribution is 6.05. The minimum atomic E-state index is -0.161. The second kappa shape index (κ2) is 4.17. The predicted molar refractivity (Wildman–Crippen MR) is 60.4 cm³/mol. The molecule has 1 aliphatic carbocycles. The van der Waals surface area contributed by atoms with E-state index in [9.17, 15) is 9.59 Å². The van der Waals surface area contributed by atoms with Crippen LogP contribution in [0, 0.1) is 17.8 Å². The molecule has 0 aromatic rings. The number of amides is 2. The van der Waals surface area contributed by atoms with Crippen LogP contribution in [0.1, 0.15) is 33.1 Å². The highest BCUT2D eigenvalue weighted by Gasteiger charge is 2.47. The zero-order valence-electron chi connectivity index (χ0n) is 9.98. The van der Waals surface area contributed by atoms with E-state index in [-0.39, 0.29) is 29.7 Å². The summed E-state index contributed by atoms with van der Waals surface area (Å²) in [6.45, 7) is 4.26. The monoisotopic (exact) mass is 224 g/mol. The molecule has 2 amide bonds. The van der Waals surface area contributed by atoms with Crippen molar-refractivity contribution < 1.29 is 9.59 Å². The molecule has 2 rings (SSSR count). The number of nitrogens with zero attached hydrogens (tertiary/aromatic N) is 1. The maximum absolute atomic E-state index is 12.0. The van der Waals surface area contributed by atoms with Crippen molar-refractivity contribution >= 4 is 11.8 Å². The van der Waals surface area contributed by atoms with E-state index in [2.05, 4.69) is 0 Å². The average molecular weight is 224 g/mol. The van der Waals surface area contributed by atoms with Gasteiger partial charge in [-0.1, -0.05) is 20.3 Å². The summed E-state index contributed by atoms with van der Waals surface area (Å²) < 4.78 is 0. The first-order chi connectivity index (χ1) is 7.57. The Bertz CT molecular complexity index is 296. The number of imide groups is 1. The molecule has 4 unspecified atom stereocenters. The van der Waals surface area contributed by atoms with Crippen molar-refractivity contribution in [1.82, 2.24) is 4.90 Å². The van der Waals surface area contributed by atoms with Crippen LogP contribution in [0.15, 0.2) is 0 Å². The van der Waals surface area contributed by atoms with Crippen LogP contribution in [0.2, 0.25) is 0 Å². The van der Waals surface area contributed by atoms with E-state index in [1.165, 1.54) is 4.90 Å². The summed E-state index contributed by atoms with van der Waals surface area (Å²) in [6.07, 6.45) is 3.05. The minimum Gasteiger partial charge on any atom is -0.330 e. The molecule has 0 bridgehead atoms. The van der Waals surface area contributed by atoms with Gasteiger partial charge in [-0.05, 0) is 25.3 Å². The molecule has 2 aliphatic rings. The summed E-state index contributed by atoms with van der Waals surface area (Å²) in [5.74, 6) is -0.00542. The van der Waals surface area contributed by atoms with Crippen LogP contribution in [0.25, 0.3) is 0 Å². The third-order valence-electron chi connectivity index (χ3n) is 4.26. The second-order valence-electron chi connectivity index (χ2n) is 5.12. The van der Waals surface area contributed by atoms with Gasteiger partial charge < -0.3 is 5.73 Å². The van der Waals surface area contributed by atoms with Gasteiger partial charge in [-0.25, -0.2) is 0 Å². The molecule has 90 valence electrons. The molecule has 0 aromatic carbocycles. The molecule has 0 spiro atoms. The lowest BCUT2D eigenvalue weighted by Gasteiger charge is -2.27. The van der Waals surface area contributed by atoms with Crippen LogP contribution in [0.3, 0.4) is 0 Å². The van der Waals surface area contributed by atoms with Crippen molar-refractivity contribution in [3.05, 3.63) is 0 Å². The molecule has 1 heterocycles. The fraction of sp³-hybridized carbons (Fsp3) is 0.833. The van der Waals surface area contributed by atoms with Crippen molar-refractivity contribution in [3.63, 3.8) is 0 Å². The molecule has 2 N–H and O–H groups in total. The Morgan fingerprint density at radius 3 is 2.25 bits per heavy atom. The number of carbonyl (C=O) groups is 2. The van der Waals surface area contributed by atoms with E-state index in [4.69, 9.17) is 5.73 Å². The quantitative estimate of drug-likeness (QED) is 0.704. The number of hydrogen-bond donors (Lipinski definition) is 1. The summed E-state index contributed by atoms with van der Waals surface area (Å²) in [4.78, 5) is 25.6. The summed E-state index contributed by atoms with van der Waals surface area (Å²) >= 11 is 0. The molecule has 4 atom stereocenters. The predicted octanol–water partition coefficient (Wildman–Crippen LogP) is 0.755. The third-order valence-corrected chi connectivity index (χ3v) is 4.26. The van der Waals surface area contributed by atoms with E-state index >= 15 is 0 Å². The standard InChI is InChI=1S/C12H20N2O2/c1-7-8(2)12(16)14(11(7)15)10-5-3-4-9(10)6-13/h7-10H,3-6,13H2,1-2H3. The summed E-state index contributed by atoms with van der Waals surface area (Å²) in [5.41, 5.74) is 5.70. The Hall–Kier alpha value is -0.900. The maximum Gasteiger partial charge on any atom is 0.233 e. The molecule has 16 heavy (non-hydrogen) atoms. The zero-order chi connectivity index (χ0) is 11.9. The molecular weight excluding hydrogens is 204 g/mol. The van der Waals surface area contributed by atoms with Crippen molar-refractivity contribution in [3.8, 4) is 0 Å². The SMILES string of the molecule is CC1C(=O)N(C2CCCC2CN)C(=O)C1C. The fourth-order valence-corrected chi connectivity index (χ4v) is 2.93. The van der Waals surface area contributed by atoms with E-state index in [1.54, 1.807) is 0 Å². The lowest BCUT2D eigenvalue weighted by molar-refractivity contribution is -0.143. The van der Waals surface area contributed by atoms with E-state index in [0.717, 1.165) is 19.3 Å². The van der Waals surface area contributed by atoms with Crippen LogP contribution in [0.5, 0.6) is 0 Å². The molecule has 1 saturated heterocycles. The number of nitrogens with two attached hydrogens (primary N) is 1. The first kappa shape index (κ1) is 11.6. The molecular formula is C12H20N2O2. The summed E-state index contributed by atoms with van der Waals surface area (Å²) in [6, 6.07) is 0.0670. The smallest absolute Gasteiger partial charge is 0.233 e. The molecule has 4 heteroatoms. The first-order valence-corrected chi connectivity index (χ1v) is 6.15. The lowest BCUT2D eigenvalue weighted by Crippen LogP contribution is -2.44. The van der Waals surface area contributed by atoms with Crippen LogP contribution >= 0.6 is 0 Å². The van der Waals surface area contributed by atoms with Crippen LogP contribution in [-0.2, 0) is 9.59 Å². The Balaban J connectivity index is 2.21. The van der Waals surface area contributed by atoms with Crippen molar-refractivity contribution in [2.24, 2.45) is 23.5 Å². The summed E-state index contributed by atoms with van der Waals surface area (Å²) in [7, 11) is 0. The number of hydrogen-bond acceptors (Lipinski definition) is 3. The number of rotatable bonds is 2. The van der Waals surface area contributed by atoms with Crippen molar-refractivity contribution in [1.29, 1.82) is 0 Å². The lowest BCUT2D eigenvalue weighted by atomic mass is 10.00. The zero-order valence-corrected chi connectivity index (χ0v) is 9.98. The third kappa shape index (κ3) is 1.56. The van der Waals surface area contributed by atoms with Crippen LogP contribution < -0.4 is 5.73 Å². The van der Waals surface area contributed by atoms with Crippen LogP contribution in [-0.4, -0.2) is 29.3 Å². The largest absolute Gasteiger partial charge is 0.330 e. The Morgan fingerprint density at radius 1 is 1.19 bits per heavy atom. The van der Waals surface area contributed by atoms with Crippen molar-refractivity contribution in [2.45, 2.75) is 39.2 Å². The first-order valence-electron chi connectivity index (χ1n) is 6.15. The maximum atomic E-state index is 12.0. The van der Waals surface area contributed by atoms with Gasteiger partial charge in [0.25, 0.3) is 0 Å². The van der Waals surface area contributed by atoms with Gasteiger partial charge in [-0.2, -0.15) is 0 Å². The van der Waals surface area contributed by atoms with Crippen molar-refractivity contribution in [2.75, 3.05) is 6.54 Å². The van der Waals surface area contributed by atoms with Gasteiger partial charge in [0.1, 0.15) is 0 Å². The number of likely N-dealkylation sites (tertiary alicyclic amines) is 1. The Labute approximate surface area is 96.2 Å².